The third-order valence-electron chi connectivity index (χ3n) is 4.75. The molecule has 0 heterocycles. The molecule has 2 rings (SSSR count). The van der Waals surface area contributed by atoms with Crippen molar-refractivity contribution in [2.75, 3.05) is 0 Å². The van der Waals surface area contributed by atoms with Gasteiger partial charge in [0.2, 0.25) is 5.91 Å². The Morgan fingerprint density at radius 1 is 1.14 bits per heavy atom. The Labute approximate surface area is 127 Å². The number of nitrogens with two attached hydrogens (primary N) is 1. The summed E-state index contributed by atoms with van der Waals surface area (Å²) in [5.41, 5.74) is 6.95. The molecular formula is C18H27NO2. The van der Waals surface area contributed by atoms with Crippen LogP contribution in [0.4, 0.5) is 0 Å². The van der Waals surface area contributed by atoms with Crippen LogP contribution in [-0.2, 0) is 11.2 Å². The van der Waals surface area contributed by atoms with Crippen molar-refractivity contribution in [2.24, 2.45) is 17.6 Å². The van der Waals surface area contributed by atoms with E-state index in [9.17, 15) is 9.90 Å². The quantitative estimate of drug-likeness (QED) is 0.758. The fraction of sp³-hybridized carbons (Fsp3) is 0.611. The number of hydrogen-bond donors (Lipinski definition) is 2. The summed E-state index contributed by atoms with van der Waals surface area (Å²) >= 11 is 0. The fourth-order valence-corrected chi connectivity index (χ4v) is 3.45. The first kappa shape index (κ1) is 16.0. The average Bonchev–Trinajstić information content (AvgIpc) is 2.49. The topological polar surface area (TPSA) is 63.3 Å². The molecule has 1 amide bonds. The van der Waals surface area contributed by atoms with Gasteiger partial charge in [-0.1, -0.05) is 36.8 Å². The Morgan fingerprint density at radius 3 is 2.43 bits per heavy atom. The van der Waals surface area contributed by atoms with E-state index in [2.05, 4.69) is 24.3 Å². The lowest BCUT2D eigenvalue weighted by Gasteiger charge is -2.30. The summed E-state index contributed by atoms with van der Waals surface area (Å²) in [6, 6.07) is 10.5. The molecule has 1 atom stereocenters. The van der Waals surface area contributed by atoms with Gasteiger partial charge in [-0.2, -0.15) is 0 Å². The molecule has 1 aliphatic carbocycles. The van der Waals surface area contributed by atoms with Crippen molar-refractivity contribution in [1.29, 1.82) is 0 Å². The molecule has 0 aromatic heterocycles. The van der Waals surface area contributed by atoms with Crippen molar-refractivity contribution in [3.8, 4) is 0 Å². The highest BCUT2D eigenvalue weighted by molar-refractivity contribution is 5.76. The molecule has 0 saturated heterocycles. The van der Waals surface area contributed by atoms with Crippen LogP contribution in [0.3, 0.4) is 0 Å². The lowest BCUT2D eigenvalue weighted by atomic mass is 9.76. The summed E-state index contributed by atoms with van der Waals surface area (Å²) in [6.07, 6.45) is 7.44. The van der Waals surface area contributed by atoms with E-state index in [4.69, 9.17) is 5.73 Å². The van der Waals surface area contributed by atoms with E-state index in [1.165, 1.54) is 5.56 Å². The Bertz CT molecular complexity index is 424. The molecule has 0 bridgehead atoms. The summed E-state index contributed by atoms with van der Waals surface area (Å²) in [5, 5.41) is 9.57. The predicted octanol–water partition coefficient (Wildman–Crippen LogP) is 3.05. The Morgan fingerprint density at radius 2 is 1.81 bits per heavy atom. The van der Waals surface area contributed by atoms with E-state index in [1.54, 1.807) is 0 Å². The third kappa shape index (κ3) is 5.16. The molecule has 0 radical (unpaired) electrons. The molecule has 1 fully saturated rings. The summed E-state index contributed by atoms with van der Waals surface area (Å²) in [7, 11) is 0. The molecule has 1 aliphatic rings. The summed E-state index contributed by atoms with van der Waals surface area (Å²) < 4.78 is 0. The number of hydrogen-bond acceptors (Lipinski definition) is 2. The maximum Gasteiger partial charge on any atom is 0.220 e. The molecule has 1 unspecified atom stereocenters. The van der Waals surface area contributed by atoms with Gasteiger partial charge < -0.3 is 10.8 Å². The molecule has 1 aromatic rings. The van der Waals surface area contributed by atoms with Gasteiger partial charge in [0.15, 0.2) is 0 Å². The molecule has 3 heteroatoms. The van der Waals surface area contributed by atoms with Crippen LogP contribution in [0.2, 0.25) is 0 Å². The van der Waals surface area contributed by atoms with Crippen molar-refractivity contribution >= 4 is 5.91 Å². The lowest BCUT2D eigenvalue weighted by molar-refractivity contribution is -0.124. The number of aliphatic hydroxyl groups excluding tert-OH is 1. The molecule has 1 aromatic carbocycles. The van der Waals surface area contributed by atoms with Gasteiger partial charge in [-0.25, -0.2) is 0 Å². The summed E-state index contributed by atoms with van der Waals surface area (Å²) in [5.74, 6) is 0.215. The number of carbonyl (C=O) groups excluding carboxylic acids is 1. The zero-order valence-corrected chi connectivity index (χ0v) is 12.7. The highest BCUT2D eigenvalue weighted by Crippen LogP contribution is 2.32. The molecule has 0 aliphatic heterocycles. The molecule has 0 spiro atoms. The number of aryl methyl sites for hydroxylation is 1. The van der Waals surface area contributed by atoms with Gasteiger partial charge in [-0.15, -0.1) is 0 Å². The normalized spacial score (nSPS) is 23.7. The maximum atomic E-state index is 11.7. The zero-order chi connectivity index (χ0) is 15.1. The van der Waals surface area contributed by atoms with Crippen molar-refractivity contribution in [3.05, 3.63) is 35.9 Å². The number of carbonyl (C=O) groups is 1. The minimum Gasteiger partial charge on any atom is -0.393 e. The van der Waals surface area contributed by atoms with Crippen LogP contribution in [0.25, 0.3) is 0 Å². The Hall–Kier alpha value is -1.35. The lowest BCUT2D eigenvalue weighted by Crippen LogP contribution is -2.33. The second-order valence-corrected chi connectivity index (χ2v) is 6.31. The maximum absolute atomic E-state index is 11.7. The second-order valence-electron chi connectivity index (χ2n) is 6.31. The number of primary amides is 1. The van der Waals surface area contributed by atoms with Crippen LogP contribution >= 0.6 is 0 Å². The van der Waals surface area contributed by atoms with Gasteiger partial charge in [0, 0.05) is 5.92 Å². The highest BCUT2D eigenvalue weighted by Gasteiger charge is 2.29. The Kier molecular flexibility index (Phi) is 6.24. The molecule has 1 saturated carbocycles. The highest BCUT2D eigenvalue weighted by atomic mass is 16.3. The summed E-state index contributed by atoms with van der Waals surface area (Å²) in [6.45, 7) is 0. The largest absolute Gasteiger partial charge is 0.393 e. The number of aliphatic hydroxyl groups is 1. The van der Waals surface area contributed by atoms with Crippen LogP contribution in [0.15, 0.2) is 30.3 Å². The van der Waals surface area contributed by atoms with E-state index in [0.29, 0.717) is 5.92 Å². The molecule has 21 heavy (non-hydrogen) atoms. The standard InChI is InChI=1S/C18H27NO2/c19-18(21)17(15-10-12-16(20)13-11-15)9-5-4-8-14-6-2-1-3-7-14/h1-3,6-7,15-17,20H,4-5,8-13H2,(H2,19,21)/t15-,16-,17?. The van der Waals surface area contributed by atoms with Crippen molar-refractivity contribution in [1.82, 2.24) is 0 Å². The van der Waals surface area contributed by atoms with Gasteiger partial charge >= 0.3 is 0 Å². The van der Waals surface area contributed by atoms with E-state index < -0.39 is 0 Å². The monoisotopic (exact) mass is 289 g/mol. The van der Waals surface area contributed by atoms with Gasteiger partial charge in [0.05, 0.1) is 6.10 Å². The average molecular weight is 289 g/mol. The van der Waals surface area contributed by atoms with Crippen LogP contribution in [0.1, 0.15) is 50.5 Å². The first-order chi connectivity index (χ1) is 10.2. The molecular weight excluding hydrogens is 262 g/mol. The minimum atomic E-state index is -0.173. The van der Waals surface area contributed by atoms with Gasteiger partial charge in [-0.3, -0.25) is 4.79 Å². The number of benzene rings is 1. The first-order valence-corrected chi connectivity index (χ1v) is 8.18. The van der Waals surface area contributed by atoms with Crippen molar-refractivity contribution in [2.45, 2.75) is 57.5 Å². The van der Waals surface area contributed by atoms with Crippen molar-refractivity contribution < 1.29 is 9.90 Å². The second kappa shape index (κ2) is 8.18. The van der Waals surface area contributed by atoms with Crippen molar-refractivity contribution in [3.63, 3.8) is 0 Å². The van der Waals surface area contributed by atoms with Crippen LogP contribution in [0, 0.1) is 11.8 Å². The van der Waals surface area contributed by atoms with E-state index in [0.717, 1.165) is 51.4 Å². The minimum absolute atomic E-state index is 0.00623. The van der Waals surface area contributed by atoms with Gasteiger partial charge in [0.25, 0.3) is 0 Å². The summed E-state index contributed by atoms with van der Waals surface area (Å²) in [4.78, 5) is 11.7. The first-order valence-electron chi connectivity index (χ1n) is 8.18. The number of unbranched alkanes of at least 4 members (excludes halogenated alkanes) is 1. The smallest absolute Gasteiger partial charge is 0.220 e. The third-order valence-corrected chi connectivity index (χ3v) is 4.75. The van der Waals surface area contributed by atoms with Crippen LogP contribution in [0.5, 0.6) is 0 Å². The number of rotatable bonds is 7. The predicted molar refractivity (Wildman–Crippen MR) is 84.6 cm³/mol. The zero-order valence-electron chi connectivity index (χ0n) is 12.7. The van der Waals surface area contributed by atoms with Gasteiger partial charge in [-0.05, 0) is 56.4 Å². The number of amides is 1. The van der Waals surface area contributed by atoms with Gasteiger partial charge in [0.1, 0.15) is 0 Å². The SMILES string of the molecule is NC(=O)C(CCCCc1ccccc1)[C@H]1CC[C@H](O)CC1. The molecule has 116 valence electrons. The van der Waals surface area contributed by atoms with E-state index in [-0.39, 0.29) is 17.9 Å². The van der Waals surface area contributed by atoms with E-state index >= 15 is 0 Å². The fourth-order valence-electron chi connectivity index (χ4n) is 3.45. The Balaban J connectivity index is 1.74. The molecule has 3 nitrogen and oxygen atoms in total. The van der Waals surface area contributed by atoms with E-state index in [1.807, 2.05) is 6.07 Å². The van der Waals surface area contributed by atoms with Crippen LogP contribution < -0.4 is 5.73 Å². The van der Waals surface area contributed by atoms with Crippen LogP contribution in [-0.4, -0.2) is 17.1 Å². The molecule has 3 N–H and O–H groups in total.